The lowest BCUT2D eigenvalue weighted by atomic mass is 10.1. The number of aromatic nitrogens is 1. The van der Waals surface area contributed by atoms with Crippen LogP contribution in [0.15, 0.2) is 48.5 Å². The molecule has 0 bridgehead atoms. The van der Waals surface area contributed by atoms with Crippen LogP contribution in [-0.4, -0.2) is 59.4 Å². The normalized spacial score (nSPS) is 16.3. The van der Waals surface area contributed by atoms with Crippen LogP contribution in [0.25, 0.3) is 10.9 Å². The number of carbonyl (C=O) groups is 2. The number of pyridine rings is 1. The SMILES string of the molecule is Cc1cc(C(=O)N2CCSCC2)ccc1NC(=O)c1cc2ccccc2nc1N1CCCC1. The van der Waals surface area contributed by atoms with Crippen molar-refractivity contribution in [2.75, 3.05) is 47.9 Å². The summed E-state index contributed by atoms with van der Waals surface area (Å²) in [7, 11) is 0. The van der Waals surface area contributed by atoms with Gasteiger partial charge in [0.2, 0.25) is 0 Å². The Labute approximate surface area is 198 Å². The zero-order valence-electron chi connectivity index (χ0n) is 18.8. The van der Waals surface area contributed by atoms with Crippen LogP contribution in [0.4, 0.5) is 11.5 Å². The third kappa shape index (κ3) is 4.55. The number of hydrogen-bond acceptors (Lipinski definition) is 5. The van der Waals surface area contributed by atoms with Crippen molar-refractivity contribution in [2.45, 2.75) is 19.8 Å². The largest absolute Gasteiger partial charge is 0.356 e. The van der Waals surface area contributed by atoms with E-state index in [9.17, 15) is 9.59 Å². The first-order valence-electron chi connectivity index (χ1n) is 11.5. The maximum atomic E-state index is 13.4. The third-order valence-corrected chi connectivity index (χ3v) is 7.32. The first kappa shape index (κ1) is 21.8. The number of nitrogens with zero attached hydrogens (tertiary/aromatic N) is 3. The molecule has 2 amide bonds. The molecular weight excluding hydrogens is 432 g/mol. The lowest BCUT2D eigenvalue weighted by Crippen LogP contribution is -2.37. The summed E-state index contributed by atoms with van der Waals surface area (Å²) in [4.78, 5) is 35.2. The minimum absolute atomic E-state index is 0.0614. The van der Waals surface area contributed by atoms with Gasteiger partial charge < -0.3 is 15.1 Å². The summed E-state index contributed by atoms with van der Waals surface area (Å²) in [5.41, 5.74) is 3.73. The molecule has 0 spiro atoms. The molecule has 0 radical (unpaired) electrons. The Hall–Kier alpha value is -3.06. The van der Waals surface area contributed by atoms with E-state index >= 15 is 0 Å². The van der Waals surface area contributed by atoms with Crippen molar-refractivity contribution < 1.29 is 9.59 Å². The topological polar surface area (TPSA) is 65.5 Å². The van der Waals surface area contributed by atoms with Crippen molar-refractivity contribution in [2.24, 2.45) is 0 Å². The van der Waals surface area contributed by atoms with Gasteiger partial charge in [-0.05, 0) is 55.7 Å². The molecule has 0 atom stereocenters. The Morgan fingerprint density at radius 1 is 0.970 bits per heavy atom. The van der Waals surface area contributed by atoms with Gasteiger partial charge in [0.15, 0.2) is 0 Å². The van der Waals surface area contributed by atoms with Crippen molar-refractivity contribution in [1.82, 2.24) is 9.88 Å². The van der Waals surface area contributed by atoms with Crippen LogP contribution >= 0.6 is 11.8 Å². The Morgan fingerprint density at radius 3 is 2.48 bits per heavy atom. The highest BCUT2D eigenvalue weighted by atomic mass is 32.2. The van der Waals surface area contributed by atoms with E-state index in [1.54, 1.807) is 0 Å². The summed E-state index contributed by atoms with van der Waals surface area (Å²) in [6.07, 6.45) is 2.22. The Bertz CT molecular complexity index is 1200. The first-order chi connectivity index (χ1) is 16.1. The quantitative estimate of drug-likeness (QED) is 0.617. The summed E-state index contributed by atoms with van der Waals surface area (Å²) in [5, 5.41) is 4.01. The van der Waals surface area contributed by atoms with Gasteiger partial charge in [-0.15, -0.1) is 0 Å². The molecule has 170 valence electrons. The molecule has 2 saturated heterocycles. The zero-order chi connectivity index (χ0) is 22.8. The number of thioether (sulfide) groups is 1. The summed E-state index contributed by atoms with van der Waals surface area (Å²) in [6, 6.07) is 15.4. The van der Waals surface area contributed by atoms with Crippen molar-refractivity contribution >= 4 is 46.0 Å². The van der Waals surface area contributed by atoms with E-state index in [0.717, 1.165) is 72.8 Å². The van der Waals surface area contributed by atoms with Crippen LogP contribution < -0.4 is 10.2 Å². The molecule has 1 aromatic heterocycles. The number of nitrogens with one attached hydrogen (secondary N) is 1. The molecule has 2 aliphatic rings. The number of rotatable bonds is 4. The lowest BCUT2D eigenvalue weighted by Gasteiger charge is -2.26. The highest BCUT2D eigenvalue weighted by molar-refractivity contribution is 7.99. The predicted octanol–water partition coefficient (Wildman–Crippen LogP) is 4.58. The maximum absolute atomic E-state index is 13.4. The highest BCUT2D eigenvalue weighted by Crippen LogP contribution is 2.28. The number of carbonyl (C=O) groups excluding carboxylic acids is 2. The lowest BCUT2D eigenvalue weighted by molar-refractivity contribution is 0.0772. The molecule has 0 saturated carbocycles. The van der Waals surface area contributed by atoms with Gasteiger partial charge in [-0.1, -0.05) is 18.2 Å². The van der Waals surface area contributed by atoms with Gasteiger partial charge in [0, 0.05) is 54.3 Å². The third-order valence-electron chi connectivity index (χ3n) is 6.37. The highest BCUT2D eigenvalue weighted by Gasteiger charge is 2.23. The van der Waals surface area contributed by atoms with E-state index in [-0.39, 0.29) is 11.8 Å². The fraction of sp³-hybridized carbons (Fsp3) is 0.346. The predicted molar refractivity (Wildman–Crippen MR) is 136 cm³/mol. The molecule has 1 N–H and O–H groups in total. The van der Waals surface area contributed by atoms with Crippen molar-refractivity contribution in [3.8, 4) is 0 Å². The van der Waals surface area contributed by atoms with E-state index in [1.807, 2.05) is 72.1 Å². The van der Waals surface area contributed by atoms with Gasteiger partial charge >= 0.3 is 0 Å². The summed E-state index contributed by atoms with van der Waals surface area (Å²) in [5.74, 6) is 2.60. The number of fused-ring (bicyclic) bond motifs is 1. The fourth-order valence-corrected chi connectivity index (χ4v) is 5.42. The number of aryl methyl sites for hydroxylation is 1. The van der Waals surface area contributed by atoms with Crippen molar-refractivity contribution in [1.29, 1.82) is 0 Å². The van der Waals surface area contributed by atoms with Crippen LogP contribution in [0, 0.1) is 6.92 Å². The molecule has 7 heteroatoms. The average Bonchev–Trinajstić information content (AvgIpc) is 3.39. The number of benzene rings is 2. The van der Waals surface area contributed by atoms with Gasteiger partial charge in [-0.25, -0.2) is 4.98 Å². The maximum Gasteiger partial charge on any atom is 0.259 e. The van der Waals surface area contributed by atoms with E-state index in [0.29, 0.717) is 16.8 Å². The Kier molecular flexibility index (Phi) is 6.22. The molecule has 6 nitrogen and oxygen atoms in total. The molecule has 3 heterocycles. The molecule has 2 fully saturated rings. The van der Waals surface area contributed by atoms with E-state index in [1.165, 1.54) is 0 Å². The average molecular weight is 461 g/mol. The van der Waals surface area contributed by atoms with Crippen molar-refractivity contribution in [3.05, 3.63) is 65.2 Å². The summed E-state index contributed by atoms with van der Waals surface area (Å²) in [6.45, 7) is 5.33. The molecule has 2 aromatic carbocycles. The summed E-state index contributed by atoms with van der Waals surface area (Å²) < 4.78 is 0. The molecule has 0 aliphatic carbocycles. The van der Waals surface area contributed by atoms with Gasteiger partial charge in [0.25, 0.3) is 11.8 Å². The number of amides is 2. The van der Waals surface area contributed by atoms with Crippen molar-refractivity contribution in [3.63, 3.8) is 0 Å². The smallest absolute Gasteiger partial charge is 0.259 e. The number of anilines is 2. The van der Waals surface area contributed by atoms with Crippen LogP contribution in [-0.2, 0) is 0 Å². The van der Waals surface area contributed by atoms with Crippen LogP contribution in [0.5, 0.6) is 0 Å². The minimum Gasteiger partial charge on any atom is -0.356 e. The van der Waals surface area contributed by atoms with Crippen LogP contribution in [0.1, 0.15) is 39.1 Å². The van der Waals surface area contributed by atoms with E-state index in [2.05, 4.69) is 10.2 Å². The molecule has 2 aliphatic heterocycles. The standard InChI is InChI=1S/C26H28N4O2S/c1-18-16-20(26(32)30-12-14-33-15-13-30)8-9-22(18)28-25(31)21-17-19-6-2-3-7-23(19)27-24(21)29-10-4-5-11-29/h2-3,6-9,16-17H,4-5,10-15H2,1H3,(H,28,31). The second kappa shape index (κ2) is 9.43. The monoisotopic (exact) mass is 460 g/mol. The fourth-order valence-electron chi connectivity index (χ4n) is 4.52. The molecule has 0 unspecified atom stereocenters. The Morgan fingerprint density at radius 2 is 1.73 bits per heavy atom. The Balaban J connectivity index is 1.41. The molecular formula is C26H28N4O2S. The van der Waals surface area contributed by atoms with Gasteiger partial charge in [0.05, 0.1) is 11.1 Å². The minimum atomic E-state index is -0.176. The van der Waals surface area contributed by atoms with E-state index < -0.39 is 0 Å². The zero-order valence-corrected chi connectivity index (χ0v) is 19.7. The second-order valence-electron chi connectivity index (χ2n) is 8.63. The molecule has 5 rings (SSSR count). The van der Waals surface area contributed by atoms with Gasteiger partial charge in [0.1, 0.15) is 5.82 Å². The van der Waals surface area contributed by atoms with Crippen LogP contribution in [0.2, 0.25) is 0 Å². The summed E-state index contributed by atoms with van der Waals surface area (Å²) >= 11 is 1.88. The van der Waals surface area contributed by atoms with E-state index in [4.69, 9.17) is 4.98 Å². The van der Waals surface area contributed by atoms with Gasteiger partial charge in [-0.2, -0.15) is 11.8 Å². The molecule has 33 heavy (non-hydrogen) atoms. The molecule has 3 aromatic rings. The van der Waals surface area contributed by atoms with Crippen LogP contribution in [0.3, 0.4) is 0 Å². The number of para-hydroxylation sites is 1. The van der Waals surface area contributed by atoms with Gasteiger partial charge in [-0.3, -0.25) is 9.59 Å². The first-order valence-corrected chi connectivity index (χ1v) is 12.7. The number of hydrogen-bond donors (Lipinski definition) is 1. The second-order valence-corrected chi connectivity index (χ2v) is 9.86.